The van der Waals surface area contributed by atoms with Crippen LogP contribution >= 0.6 is 11.3 Å². The maximum absolute atomic E-state index is 6.05. The molecule has 0 aliphatic carbocycles. The van der Waals surface area contributed by atoms with Gasteiger partial charge < -0.3 is 10.3 Å². The number of nitrogens with zero attached hydrogens (tertiary/aromatic N) is 2. The van der Waals surface area contributed by atoms with Gasteiger partial charge in [-0.25, -0.2) is 0 Å². The van der Waals surface area contributed by atoms with Gasteiger partial charge in [-0.2, -0.15) is 4.98 Å². The smallest absolute Gasteiger partial charge is 0.244 e. The average molecular weight is 237 g/mol. The zero-order valence-electron chi connectivity index (χ0n) is 9.60. The Morgan fingerprint density at radius 3 is 2.75 bits per heavy atom. The second-order valence-corrected chi connectivity index (χ2v) is 5.72. The van der Waals surface area contributed by atoms with E-state index < -0.39 is 0 Å². The SMILES string of the molecule is CC(C)(C)[C@@H](N)c1nc(-c2cccs2)no1. The van der Waals surface area contributed by atoms with Crippen molar-refractivity contribution in [2.75, 3.05) is 0 Å². The van der Waals surface area contributed by atoms with Gasteiger partial charge in [0, 0.05) is 0 Å². The number of hydrogen-bond acceptors (Lipinski definition) is 5. The van der Waals surface area contributed by atoms with Gasteiger partial charge in [-0.3, -0.25) is 0 Å². The first-order chi connectivity index (χ1) is 7.48. The predicted octanol–water partition coefficient (Wildman–Crippen LogP) is 2.84. The van der Waals surface area contributed by atoms with Gasteiger partial charge in [0.1, 0.15) is 0 Å². The lowest BCUT2D eigenvalue weighted by atomic mass is 9.87. The molecule has 0 spiro atoms. The molecule has 0 bridgehead atoms. The number of hydrogen-bond donors (Lipinski definition) is 1. The van der Waals surface area contributed by atoms with Crippen molar-refractivity contribution in [3.63, 3.8) is 0 Å². The van der Waals surface area contributed by atoms with Gasteiger partial charge >= 0.3 is 0 Å². The Balaban J connectivity index is 2.27. The van der Waals surface area contributed by atoms with Crippen LogP contribution in [-0.4, -0.2) is 10.1 Å². The largest absolute Gasteiger partial charge is 0.337 e. The lowest BCUT2D eigenvalue weighted by molar-refractivity contribution is 0.253. The van der Waals surface area contributed by atoms with Crippen molar-refractivity contribution in [3.05, 3.63) is 23.4 Å². The minimum Gasteiger partial charge on any atom is -0.337 e. The summed E-state index contributed by atoms with van der Waals surface area (Å²) in [5, 5.41) is 5.92. The number of rotatable bonds is 2. The first-order valence-electron chi connectivity index (χ1n) is 5.11. The highest BCUT2D eigenvalue weighted by Crippen LogP contribution is 2.31. The van der Waals surface area contributed by atoms with E-state index in [1.54, 1.807) is 11.3 Å². The fraction of sp³-hybridized carbons (Fsp3) is 0.455. The van der Waals surface area contributed by atoms with Crippen molar-refractivity contribution in [2.45, 2.75) is 26.8 Å². The monoisotopic (exact) mass is 237 g/mol. The van der Waals surface area contributed by atoms with Crippen molar-refractivity contribution in [2.24, 2.45) is 11.1 Å². The molecule has 2 aromatic heterocycles. The fourth-order valence-electron chi connectivity index (χ4n) is 1.24. The standard InChI is InChI=1S/C11H15N3OS/c1-11(2,3)8(12)10-13-9(14-15-10)7-5-4-6-16-7/h4-6,8H,12H2,1-3H3/t8-/m0/s1. The summed E-state index contributed by atoms with van der Waals surface area (Å²) in [6, 6.07) is 3.68. The van der Waals surface area contributed by atoms with Crippen molar-refractivity contribution < 1.29 is 4.52 Å². The Bertz CT molecular complexity index is 456. The molecule has 0 aromatic carbocycles. The summed E-state index contributed by atoms with van der Waals surface area (Å²) in [5.74, 6) is 1.11. The van der Waals surface area contributed by atoms with E-state index in [0.717, 1.165) is 4.88 Å². The molecule has 0 fully saturated rings. The van der Waals surface area contributed by atoms with Crippen LogP contribution in [0.15, 0.2) is 22.0 Å². The average Bonchev–Trinajstić information content (AvgIpc) is 2.85. The molecule has 2 N–H and O–H groups in total. The lowest BCUT2D eigenvalue weighted by Gasteiger charge is -2.23. The molecule has 0 aliphatic heterocycles. The molecule has 0 saturated heterocycles. The Morgan fingerprint density at radius 2 is 2.19 bits per heavy atom. The molecule has 86 valence electrons. The van der Waals surface area contributed by atoms with Gasteiger partial charge in [0.2, 0.25) is 11.7 Å². The zero-order valence-corrected chi connectivity index (χ0v) is 10.4. The van der Waals surface area contributed by atoms with Gasteiger partial charge in [-0.05, 0) is 16.9 Å². The number of aromatic nitrogens is 2. The maximum atomic E-state index is 6.05. The van der Waals surface area contributed by atoms with E-state index >= 15 is 0 Å². The zero-order chi connectivity index (χ0) is 11.8. The number of nitrogens with two attached hydrogens (primary N) is 1. The van der Waals surface area contributed by atoms with Crippen molar-refractivity contribution in [1.82, 2.24) is 10.1 Å². The van der Waals surface area contributed by atoms with Gasteiger partial charge in [0.05, 0.1) is 10.9 Å². The van der Waals surface area contributed by atoms with Crippen LogP contribution < -0.4 is 5.73 Å². The van der Waals surface area contributed by atoms with Gasteiger partial charge in [-0.1, -0.05) is 32.0 Å². The molecule has 5 heteroatoms. The van der Waals surface area contributed by atoms with E-state index in [2.05, 4.69) is 10.1 Å². The summed E-state index contributed by atoms with van der Waals surface area (Å²) in [6.45, 7) is 6.14. The third-order valence-electron chi connectivity index (χ3n) is 2.38. The van der Waals surface area contributed by atoms with Gasteiger partial charge in [0.25, 0.3) is 0 Å². The van der Waals surface area contributed by atoms with Crippen LogP contribution in [0.25, 0.3) is 10.7 Å². The molecule has 2 aromatic rings. The topological polar surface area (TPSA) is 64.9 Å². The van der Waals surface area contributed by atoms with Crippen molar-refractivity contribution in [3.8, 4) is 10.7 Å². The summed E-state index contributed by atoms with van der Waals surface area (Å²) < 4.78 is 5.20. The van der Waals surface area contributed by atoms with E-state index in [-0.39, 0.29) is 11.5 Å². The Kier molecular flexibility index (Phi) is 2.82. The molecular formula is C11H15N3OS. The second kappa shape index (κ2) is 3.99. The molecule has 4 nitrogen and oxygen atoms in total. The van der Waals surface area contributed by atoms with E-state index in [4.69, 9.17) is 10.3 Å². The van der Waals surface area contributed by atoms with Crippen LogP contribution in [0.4, 0.5) is 0 Å². The minimum atomic E-state index is -0.242. The van der Waals surface area contributed by atoms with E-state index in [0.29, 0.717) is 11.7 Å². The van der Waals surface area contributed by atoms with Crippen molar-refractivity contribution >= 4 is 11.3 Å². The Labute approximate surface area is 98.5 Å². The Morgan fingerprint density at radius 1 is 1.44 bits per heavy atom. The summed E-state index contributed by atoms with van der Waals surface area (Å²) in [5.41, 5.74) is 5.96. The van der Waals surface area contributed by atoms with Crippen LogP contribution in [0.1, 0.15) is 32.7 Å². The van der Waals surface area contributed by atoms with E-state index in [1.165, 1.54) is 0 Å². The third kappa shape index (κ3) is 2.15. The summed E-state index contributed by atoms with van der Waals surface area (Å²) in [6.07, 6.45) is 0. The molecule has 16 heavy (non-hydrogen) atoms. The first kappa shape index (κ1) is 11.3. The first-order valence-corrected chi connectivity index (χ1v) is 5.99. The highest BCUT2D eigenvalue weighted by molar-refractivity contribution is 7.13. The second-order valence-electron chi connectivity index (χ2n) is 4.78. The molecule has 0 saturated carbocycles. The lowest BCUT2D eigenvalue weighted by Crippen LogP contribution is -2.26. The molecule has 0 unspecified atom stereocenters. The third-order valence-corrected chi connectivity index (χ3v) is 3.25. The normalized spacial score (nSPS) is 14.0. The molecule has 0 radical (unpaired) electrons. The molecule has 2 heterocycles. The highest BCUT2D eigenvalue weighted by atomic mass is 32.1. The van der Waals surface area contributed by atoms with Gasteiger partial charge in [0.15, 0.2) is 0 Å². The van der Waals surface area contributed by atoms with Crippen LogP contribution in [0.2, 0.25) is 0 Å². The molecule has 1 atom stereocenters. The molecular weight excluding hydrogens is 222 g/mol. The summed E-state index contributed by atoms with van der Waals surface area (Å²) >= 11 is 1.58. The van der Waals surface area contributed by atoms with Crippen molar-refractivity contribution in [1.29, 1.82) is 0 Å². The van der Waals surface area contributed by atoms with Crippen LogP contribution in [-0.2, 0) is 0 Å². The van der Waals surface area contributed by atoms with E-state index in [1.807, 2.05) is 38.3 Å². The highest BCUT2D eigenvalue weighted by Gasteiger charge is 2.27. The molecule has 2 rings (SSSR count). The number of thiophene rings is 1. The van der Waals surface area contributed by atoms with Crippen LogP contribution in [0.3, 0.4) is 0 Å². The minimum absolute atomic E-state index is 0.0841. The predicted molar refractivity (Wildman–Crippen MR) is 64.0 cm³/mol. The Hall–Kier alpha value is -1.20. The van der Waals surface area contributed by atoms with Crippen LogP contribution in [0, 0.1) is 5.41 Å². The summed E-state index contributed by atoms with van der Waals surface area (Å²) in [7, 11) is 0. The fourth-order valence-corrected chi connectivity index (χ4v) is 1.89. The molecule has 0 amide bonds. The van der Waals surface area contributed by atoms with E-state index in [9.17, 15) is 0 Å². The molecule has 0 aliphatic rings. The van der Waals surface area contributed by atoms with Gasteiger partial charge in [-0.15, -0.1) is 11.3 Å². The quantitative estimate of drug-likeness (QED) is 0.872. The van der Waals surface area contributed by atoms with Crippen LogP contribution in [0.5, 0.6) is 0 Å². The maximum Gasteiger partial charge on any atom is 0.244 e. The summed E-state index contributed by atoms with van der Waals surface area (Å²) in [4.78, 5) is 5.32.